The maximum atomic E-state index is 13.6. The molecule has 0 unspecified atom stereocenters. The fourth-order valence-electron chi connectivity index (χ4n) is 5.64. The molecule has 1 aliphatic heterocycles. The van der Waals surface area contributed by atoms with Crippen LogP contribution in [-0.4, -0.2) is 56.3 Å². The van der Waals surface area contributed by atoms with E-state index in [9.17, 15) is 13.2 Å². The summed E-state index contributed by atoms with van der Waals surface area (Å²) < 4.78 is 34.6. The van der Waals surface area contributed by atoms with Crippen molar-refractivity contribution in [2.24, 2.45) is 0 Å². The first kappa shape index (κ1) is 31.4. The molecule has 1 amide bonds. The first-order valence-corrected chi connectivity index (χ1v) is 16.9. The third kappa shape index (κ3) is 7.75. The Balaban J connectivity index is 1.21. The van der Waals surface area contributed by atoms with Gasteiger partial charge in [-0.25, -0.2) is 8.42 Å². The van der Waals surface area contributed by atoms with Gasteiger partial charge in [0, 0.05) is 31.9 Å². The first-order valence-electron chi connectivity index (χ1n) is 15.4. The number of para-hydroxylation sites is 1. The van der Waals surface area contributed by atoms with Crippen molar-refractivity contribution in [2.75, 3.05) is 38.1 Å². The third-order valence-corrected chi connectivity index (χ3v) is 9.92. The van der Waals surface area contributed by atoms with Crippen LogP contribution in [0.3, 0.4) is 0 Å². The Kier molecular flexibility index (Phi) is 10.8. The molecule has 1 saturated heterocycles. The van der Waals surface area contributed by atoms with E-state index in [-0.39, 0.29) is 16.8 Å². The van der Waals surface area contributed by atoms with Gasteiger partial charge in [0.25, 0.3) is 5.91 Å². The topological polar surface area (TPSA) is 78.9 Å². The highest BCUT2D eigenvalue weighted by Crippen LogP contribution is 2.31. The molecule has 4 aromatic carbocycles. The number of carbonyl (C=O) groups is 1. The molecular weight excluding hydrogens is 570 g/mol. The van der Waals surface area contributed by atoms with Crippen LogP contribution in [0.15, 0.2) is 114 Å². The molecule has 1 heterocycles. The normalized spacial score (nSPS) is 14.4. The smallest absolute Gasteiger partial charge is 0.259 e. The van der Waals surface area contributed by atoms with Crippen LogP contribution in [0, 0.1) is 0 Å². The van der Waals surface area contributed by atoms with E-state index in [0.29, 0.717) is 49.8 Å². The highest BCUT2D eigenvalue weighted by Gasteiger charge is 2.32. The van der Waals surface area contributed by atoms with Crippen LogP contribution < -0.4 is 10.1 Å². The fraction of sp³-hybridized carbons (Fsp3) is 0.306. The van der Waals surface area contributed by atoms with Crippen molar-refractivity contribution < 1.29 is 17.9 Å². The van der Waals surface area contributed by atoms with E-state index in [4.69, 9.17) is 4.74 Å². The molecule has 1 fully saturated rings. The van der Waals surface area contributed by atoms with Crippen LogP contribution in [0.2, 0.25) is 0 Å². The van der Waals surface area contributed by atoms with Crippen LogP contribution in [-0.2, 0) is 10.0 Å². The highest BCUT2D eigenvalue weighted by atomic mass is 32.2. The minimum atomic E-state index is -3.69. The fourth-order valence-corrected chi connectivity index (χ4v) is 7.06. The van der Waals surface area contributed by atoms with Crippen LogP contribution >= 0.6 is 0 Å². The molecule has 0 aliphatic carbocycles. The lowest BCUT2D eigenvalue weighted by Gasteiger charge is -2.39. The number of hydrogen-bond acceptors (Lipinski definition) is 5. The van der Waals surface area contributed by atoms with Gasteiger partial charge in [0.15, 0.2) is 0 Å². The molecule has 0 radical (unpaired) electrons. The van der Waals surface area contributed by atoms with Crippen LogP contribution in [0.5, 0.6) is 5.75 Å². The maximum absolute atomic E-state index is 13.6. The van der Waals surface area contributed by atoms with Gasteiger partial charge >= 0.3 is 0 Å². The lowest BCUT2D eigenvalue weighted by molar-refractivity contribution is 0.102. The van der Waals surface area contributed by atoms with E-state index in [1.807, 2.05) is 42.5 Å². The second-order valence-electron chi connectivity index (χ2n) is 11.0. The largest absolute Gasteiger partial charge is 0.493 e. The standard InChI is InChI=1S/C36H41N3O4S/c1-2-3-4-13-28-43-34-19-12-11-18-33(34)36(40)37-31-20-22-32(23-21-31)44(41,42)39-26-24-38(25-27-39)35(29-14-7-5-8-15-29)30-16-9-6-10-17-30/h5-12,14-23,35H,2-4,13,24-28H2,1H3,(H,37,40). The number of unbranched alkanes of at least 4 members (excludes halogenated alkanes) is 3. The molecule has 7 nitrogen and oxygen atoms in total. The molecule has 8 heteroatoms. The van der Waals surface area contributed by atoms with Gasteiger partial charge in [-0.2, -0.15) is 4.31 Å². The zero-order chi connectivity index (χ0) is 30.8. The van der Waals surface area contributed by atoms with Crippen LogP contribution in [0.4, 0.5) is 5.69 Å². The Bertz CT molecular complexity index is 1550. The Morgan fingerprint density at radius 1 is 0.750 bits per heavy atom. The molecule has 0 aromatic heterocycles. The molecule has 44 heavy (non-hydrogen) atoms. The van der Waals surface area contributed by atoms with Crippen LogP contribution in [0.25, 0.3) is 0 Å². The van der Waals surface area contributed by atoms with Crippen molar-refractivity contribution in [2.45, 2.75) is 43.5 Å². The Hall–Kier alpha value is -3.98. The van der Waals surface area contributed by atoms with E-state index in [2.05, 4.69) is 41.4 Å². The molecule has 5 rings (SSSR count). The van der Waals surface area contributed by atoms with E-state index in [1.54, 1.807) is 46.8 Å². The first-order chi connectivity index (χ1) is 21.5. The summed E-state index contributed by atoms with van der Waals surface area (Å²) in [5.74, 6) is 0.244. The van der Waals surface area contributed by atoms with Crippen molar-refractivity contribution in [1.29, 1.82) is 0 Å². The average molecular weight is 612 g/mol. The zero-order valence-corrected chi connectivity index (χ0v) is 26.1. The van der Waals surface area contributed by atoms with E-state index in [1.165, 1.54) is 11.1 Å². The lowest BCUT2D eigenvalue weighted by atomic mass is 9.96. The molecule has 1 N–H and O–H groups in total. The summed E-state index contributed by atoms with van der Waals surface area (Å²) in [5.41, 5.74) is 3.34. The number of amides is 1. The second kappa shape index (κ2) is 15.1. The summed E-state index contributed by atoms with van der Waals surface area (Å²) in [5, 5.41) is 2.88. The van der Waals surface area contributed by atoms with Crippen molar-refractivity contribution in [3.8, 4) is 5.75 Å². The van der Waals surface area contributed by atoms with Crippen molar-refractivity contribution in [3.63, 3.8) is 0 Å². The quantitative estimate of drug-likeness (QED) is 0.165. The van der Waals surface area contributed by atoms with Gasteiger partial charge in [-0.1, -0.05) is 99.0 Å². The number of rotatable bonds is 13. The molecular formula is C36H41N3O4S. The van der Waals surface area contributed by atoms with E-state index in [0.717, 1.165) is 25.7 Å². The minimum absolute atomic E-state index is 0.0572. The van der Waals surface area contributed by atoms with Gasteiger partial charge in [0.2, 0.25) is 10.0 Å². The second-order valence-corrected chi connectivity index (χ2v) is 13.0. The molecule has 4 aromatic rings. The number of sulfonamides is 1. The van der Waals surface area contributed by atoms with Gasteiger partial charge < -0.3 is 10.1 Å². The molecule has 230 valence electrons. The van der Waals surface area contributed by atoms with Gasteiger partial charge in [0.1, 0.15) is 5.75 Å². The summed E-state index contributed by atoms with van der Waals surface area (Å²) in [4.78, 5) is 15.6. The maximum Gasteiger partial charge on any atom is 0.259 e. The van der Waals surface area contributed by atoms with E-state index >= 15 is 0 Å². The zero-order valence-electron chi connectivity index (χ0n) is 25.3. The molecule has 0 bridgehead atoms. The third-order valence-electron chi connectivity index (χ3n) is 8.01. The summed E-state index contributed by atoms with van der Waals surface area (Å²) in [7, 11) is -3.69. The highest BCUT2D eigenvalue weighted by molar-refractivity contribution is 7.89. The number of benzene rings is 4. The monoisotopic (exact) mass is 611 g/mol. The van der Waals surface area contributed by atoms with Crippen LogP contribution in [0.1, 0.15) is 60.1 Å². The number of nitrogens with zero attached hydrogens (tertiary/aromatic N) is 2. The number of hydrogen-bond donors (Lipinski definition) is 1. The minimum Gasteiger partial charge on any atom is -0.493 e. The van der Waals surface area contributed by atoms with Gasteiger partial charge in [-0.15, -0.1) is 0 Å². The van der Waals surface area contributed by atoms with Crippen molar-refractivity contribution >= 4 is 21.6 Å². The Labute approximate surface area is 261 Å². The Morgan fingerprint density at radius 3 is 1.95 bits per heavy atom. The predicted molar refractivity (Wildman–Crippen MR) is 176 cm³/mol. The van der Waals surface area contributed by atoms with Gasteiger partial charge in [0.05, 0.1) is 23.1 Å². The molecule has 1 aliphatic rings. The van der Waals surface area contributed by atoms with Gasteiger partial charge in [-0.05, 0) is 53.9 Å². The number of nitrogens with one attached hydrogen (secondary N) is 1. The number of carbonyl (C=O) groups excluding carboxylic acids is 1. The Morgan fingerprint density at radius 2 is 1.34 bits per heavy atom. The predicted octanol–water partition coefficient (Wildman–Crippen LogP) is 6.99. The lowest BCUT2D eigenvalue weighted by Crippen LogP contribution is -2.49. The average Bonchev–Trinajstić information content (AvgIpc) is 3.06. The summed E-state index contributed by atoms with van der Waals surface area (Å²) in [6.45, 7) is 4.74. The summed E-state index contributed by atoms with van der Waals surface area (Å²) in [6.07, 6.45) is 4.35. The number of ether oxygens (including phenoxy) is 1. The van der Waals surface area contributed by atoms with Gasteiger partial charge in [-0.3, -0.25) is 9.69 Å². The summed E-state index contributed by atoms with van der Waals surface area (Å²) in [6, 6.07) is 34.3. The molecule has 0 atom stereocenters. The van der Waals surface area contributed by atoms with Crippen molar-refractivity contribution in [1.82, 2.24) is 9.21 Å². The number of piperazine rings is 1. The SMILES string of the molecule is CCCCCCOc1ccccc1C(=O)Nc1ccc(S(=O)(=O)N2CCN(C(c3ccccc3)c3ccccc3)CC2)cc1. The van der Waals surface area contributed by atoms with E-state index < -0.39 is 10.0 Å². The molecule has 0 saturated carbocycles. The van der Waals surface area contributed by atoms with Crippen molar-refractivity contribution in [3.05, 3.63) is 126 Å². The summed E-state index contributed by atoms with van der Waals surface area (Å²) >= 11 is 0. The number of anilines is 1. The molecule has 0 spiro atoms.